The van der Waals surface area contributed by atoms with Crippen molar-refractivity contribution in [3.63, 3.8) is 0 Å². The van der Waals surface area contributed by atoms with Gasteiger partial charge in [0.15, 0.2) is 5.82 Å². The number of aromatic nitrogens is 1. The Balaban J connectivity index is 1.60. The molecule has 0 N–H and O–H groups in total. The van der Waals surface area contributed by atoms with E-state index in [-0.39, 0.29) is 11.5 Å². The predicted molar refractivity (Wildman–Crippen MR) is 73.9 cm³/mol. The molecule has 1 aliphatic heterocycles. The van der Waals surface area contributed by atoms with Crippen molar-refractivity contribution in [2.75, 3.05) is 26.2 Å². The van der Waals surface area contributed by atoms with Gasteiger partial charge in [-0.1, -0.05) is 12.8 Å². The van der Waals surface area contributed by atoms with Gasteiger partial charge in [-0.2, -0.15) is 0 Å². The minimum atomic E-state index is -0.532. The minimum Gasteiger partial charge on any atom is -0.336 e. The molecule has 0 atom stereocenters. The van der Waals surface area contributed by atoms with E-state index in [4.69, 9.17) is 0 Å². The van der Waals surface area contributed by atoms with Crippen LogP contribution in [0.2, 0.25) is 0 Å². The van der Waals surface area contributed by atoms with Gasteiger partial charge in [-0.05, 0) is 18.9 Å². The molecule has 2 aliphatic rings. The molecular formula is C15H20FN3O. The Kier molecular flexibility index (Phi) is 3.96. The van der Waals surface area contributed by atoms with Gasteiger partial charge in [-0.15, -0.1) is 0 Å². The number of halogens is 1. The normalized spacial score (nSPS) is 21.4. The molecule has 108 valence electrons. The molecule has 4 nitrogen and oxygen atoms in total. The number of hydrogen-bond donors (Lipinski definition) is 0. The Hall–Kier alpha value is -1.49. The first kappa shape index (κ1) is 13.5. The Morgan fingerprint density at radius 1 is 1.20 bits per heavy atom. The van der Waals surface area contributed by atoms with E-state index in [1.165, 1.54) is 37.9 Å². The molecule has 0 bridgehead atoms. The smallest absolute Gasteiger partial charge is 0.257 e. The van der Waals surface area contributed by atoms with Crippen molar-refractivity contribution in [2.24, 2.45) is 0 Å². The topological polar surface area (TPSA) is 36.4 Å². The lowest BCUT2D eigenvalue weighted by Gasteiger charge is -2.38. The maximum atomic E-state index is 13.6. The van der Waals surface area contributed by atoms with Gasteiger partial charge in [-0.3, -0.25) is 14.7 Å². The average Bonchev–Trinajstić information content (AvgIpc) is 3.01. The molecule has 3 rings (SSSR count). The fourth-order valence-electron chi connectivity index (χ4n) is 3.28. The summed E-state index contributed by atoms with van der Waals surface area (Å²) in [5, 5.41) is 0. The summed E-state index contributed by atoms with van der Waals surface area (Å²) in [5.41, 5.74) is 0.134. The Morgan fingerprint density at radius 2 is 1.90 bits per heavy atom. The molecule has 0 radical (unpaired) electrons. The van der Waals surface area contributed by atoms with Gasteiger partial charge in [0.1, 0.15) is 0 Å². The predicted octanol–water partition coefficient (Wildman–Crippen LogP) is 1.92. The first-order chi connectivity index (χ1) is 9.75. The van der Waals surface area contributed by atoms with Crippen molar-refractivity contribution in [1.82, 2.24) is 14.8 Å². The lowest BCUT2D eigenvalue weighted by molar-refractivity contribution is 0.0569. The van der Waals surface area contributed by atoms with Crippen molar-refractivity contribution in [1.29, 1.82) is 0 Å². The van der Waals surface area contributed by atoms with Gasteiger partial charge in [-0.25, -0.2) is 4.39 Å². The SMILES string of the molecule is O=C(c1ccncc1F)N1CCN(C2CCCC2)CC1. The van der Waals surface area contributed by atoms with Crippen LogP contribution in [0.4, 0.5) is 4.39 Å². The molecule has 2 heterocycles. The summed E-state index contributed by atoms with van der Waals surface area (Å²) < 4.78 is 13.6. The zero-order chi connectivity index (χ0) is 13.9. The molecule has 1 amide bonds. The fourth-order valence-corrected chi connectivity index (χ4v) is 3.28. The standard InChI is InChI=1S/C15H20FN3O/c16-14-11-17-6-5-13(14)15(20)19-9-7-18(8-10-19)12-3-1-2-4-12/h5-6,11-12H,1-4,7-10H2. The third kappa shape index (κ3) is 2.68. The van der Waals surface area contributed by atoms with Crippen molar-refractivity contribution in [3.8, 4) is 0 Å². The summed E-state index contributed by atoms with van der Waals surface area (Å²) in [6, 6.07) is 2.16. The first-order valence-corrected chi connectivity index (χ1v) is 7.38. The van der Waals surface area contributed by atoms with Crippen LogP contribution in [-0.2, 0) is 0 Å². The molecule has 1 saturated heterocycles. The Labute approximate surface area is 118 Å². The number of rotatable bonds is 2. The van der Waals surface area contributed by atoms with Crippen molar-refractivity contribution < 1.29 is 9.18 Å². The number of carbonyl (C=O) groups excluding carboxylic acids is 1. The minimum absolute atomic E-state index is 0.134. The van der Waals surface area contributed by atoms with E-state index in [2.05, 4.69) is 9.88 Å². The Bertz CT molecular complexity index is 480. The van der Waals surface area contributed by atoms with Gasteiger partial charge >= 0.3 is 0 Å². The van der Waals surface area contributed by atoms with E-state index in [0.29, 0.717) is 19.1 Å². The monoisotopic (exact) mass is 277 g/mol. The summed E-state index contributed by atoms with van der Waals surface area (Å²) >= 11 is 0. The molecule has 1 saturated carbocycles. The molecular weight excluding hydrogens is 257 g/mol. The van der Waals surface area contributed by atoms with Gasteiger partial charge in [0.05, 0.1) is 11.8 Å². The highest BCUT2D eigenvalue weighted by molar-refractivity contribution is 5.94. The van der Waals surface area contributed by atoms with Crippen LogP contribution in [0.3, 0.4) is 0 Å². The number of hydrogen-bond acceptors (Lipinski definition) is 3. The summed E-state index contributed by atoms with van der Waals surface area (Å²) in [5.74, 6) is -0.744. The van der Waals surface area contributed by atoms with Gasteiger partial charge in [0.25, 0.3) is 5.91 Å². The summed E-state index contributed by atoms with van der Waals surface area (Å²) in [6.45, 7) is 3.19. The number of pyridine rings is 1. The van der Waals surface area contributed by atoms with Gasteiger partial charge in [0.2, 0.25) is 0 Å². The van der Waals surface area contributed by atoms with Crippen LogP contribution >= 0.6 is 0 Å². The zero-order valence-corrected chi connectivity index (χ0v) is 11.6. The molecule has 1 aromatic rings. The number of nitrogens with zero attached hydrogens (tertiary/aromatic N) is 3. The molecule has 0 spiro atoms. The van der Waals surface area contributed by atoms with E-state index >= 15 is 0 Å². The third-order valence-corrected chi connectivity index (χ3v) is 4.45. The van der Waals surface area contributed by atoms with Gasteiger partial charge in [0, 0.05) is 38.4 Å². The number of piperazine rings is 1. The van der Waals surface area contributed by atoms with Crippen molar-refractivity contribution >= 4 is 5.91 Å². The second kappa shape index (κ2) is 5.87. The molecule has 0 aromatic carbocycles. The van der Waals surface area contributed by atoms with E-state index < -0.39 is 5.82 Å². The summed E-state index contributed by atoms with van der Waals surface area (Å²) in [6.07, 6.45) is 7.78. The molecule has 1 aromatic heterocycles. The van der Waals surface area contributed by atoms with Crippen LogP contribution in [0.15, 0.2) is 18.5 Å². The van der Waals surface area contributed by atoms with Crippen molar-refractivity contribution in [3.05, 3.63) is 29.8 Å². The molecule has 0 unspecified atom stereocenters. The van der Waals surface area contributed by atoms with E-state index in [0.717, 1.165) is 19.3 Å². The fraction of sp³-hybridized carbons (Fsp3) is 0.600. The maximum absolute atomic E-state index is 13.6. The molecule has 2 fully saturated rings. The largest absolute Gasteiger partial charge is 0.336 e. The number of carbonyl (C=O) groups is 1. The van der Waals surface area contributed by atoms with Crippen LogP contribution < -0.4 is 0 Å². The van der Waals surface area contributed by atoms with Crippen molar-refractivity contribution in [2.45, 2.75) is 31.7 Å². The maximum Gasteiger partial charge on any atom is 0.257 e. The van der Waals surface area contributed by atoms with Crippen LogP contribution in [-0.4, -0.2) is 52.9 Å². The van der Waals surface area contributed by atoms with Crippen LogP contribution in [0, 0.1) is 5.82 Å². The second-order valence-electron chi connectivity index (χ2n) is 5.62. The highest BCUT2D eigenvalue weighted by Gasteiger charge is 2.28. The number of amides is 1. The third-order valence-electron chi connectivity index (χ3n) is 4.45. The molecule has 5 heteroatoms. The highest BCUT2D eigenvalue weighted by Crippen LogP contribution is 2.24. The van der Waals surface area contributed by atoms with E-state index in [1.807, 2.05) is 0 Å². The first-order valence-electron chi connectivity index (χ1n) is 7.38. The zero-order valence-electron chi connectivity index (χ0n) is 11.6. The molecule has 20 heavy (non-hydrogen) atoms. The van der Waals surface area contributed by atoms with Crippen LogP contribution in [0.1, 0.15) is 36.0 Å². The highest BCUT2D eigenvalue weighted by atomic mass is 19.1. The molecule has 1 aliphatic carbocycles. The van der Waals surface area contributed by atoms with Crippen LogP contribution in [0.25, 0.3) is 0 Å². The summed E-state index contributed by atoms with van der Waals surface area (Å²) in [4.78, 5) is 20.2. The lowest BCUT2D eigenvalue weighted by Crippen LogP contribution is -2.51. The second-order valence-corrected chi connectivity index (χ2v) is 5.62. The van der Waals surface area contributed by atoms with E-state index in [9.17, 15) is 9.18 Å². The van der Waals surface area contributed by atoms with E-state index in [1.54, 1.807) is 4.90 Å². The average molecular weight is 277 g/mol. The summed E-state index contributed by atoms with van der Waals surface area (Å²) in [7, 11) is 0. The lowest BCUT2D eigenvalue weighted by atomic mass is 10.1. The Morgan fingerprint density at radius 3 is 2.55 bits per heavy atom. The van der Waals surface area contributed by atoms with Crippen LogP contribution in [0.5, 0.6) is 0 Å². The quantitative estimate of drug-likeness (QED) is 0.828. The van der Waals surface area contributed by atoms with Gasteiger partial charge < -0.3 is 4.90 Å².